The first-order chi connectivity index (χ1) is 5.93. The Morgan fingerprint density at radius 2 is 2.00 bits per heavy atom. The van der Waals surface area contributed by atoms with Gasteiger partial charge in [0.15, 0.2) is 0 Å². The summed E-state index contributed by atoms with van der Waals surface area (Å²) < 4.78 is 23.5. The SMILES string of the molecule is CC(C)CC(NCC(F)F)C(=O)O. The molecule has 0 aromatic heterocycles. The molecule has 0 aromatic rings. The first-order valence-electron chi connectivity index (χ1n) is 4.17. The van der Waals surface area contributed by atoms with Crippen molar-refractivity contribution in [3.8, 4) is 0 Å². The molecule has 0 fully saturated rings. The van der Waals surface area contributed by atoms with Gasteiger partial charge in [0.05, 0.1) is 6.54 Å². The molecule has 0 amide bonds. The zero-order valence-corrected chi connectivity index (χ0v) is 7.76. The standard InChI is InChI=1S/C8H15F2NO2/c1-5(2)3-6(8(12)13)11-4-7(9)10/h5-7,11H,3-4H2,1-2H3,(H,12,13). The van der Waals surface area contributed by atoms with E-state index >= 15 is 0 Å². The van der Waals surface area contributed by atoms with Gasteiger partial charge >= 0.3 is 5.97 Å². The number of nitrogens with one attached hydrogen (secondary N) is 1. The van der Waals surface area contributed by atoms with Gasteiger partial charge in [0.25, 0.3) is 6.43 Å². The highest BCUT2D eigenvalue weighted by Gasteiger charge is 2.19. The molecule has 1 unspecified atom stereocenters. The molecule has 0 aromatic carbocycles. The molecule has 0 aliphatic heterocycles. The number of carboxylic acid groups (broad SMARTS) is 1. The molecule has 0 saturated heterocycles. The molecule has 0 aliphatic rings. The molecule has 2 N–H and O–H groups in total. The molecular weight excluding hydrogens is 180 g/mol. The van der Waals surface area contributed by atoms with Crippen molar-refractivity contribution in [2.24, 2.45) is 5.92 Å². The minimum atomic E-state index is -2.51. The van der Waals surface area contributed by atoms with Crippen molar-refractivity contribution >= 4 is 5.97 Å². The van der Waals surface area contributed by atoms with E-state index in [-0.39, 0.29) is 5.92 Å². The van der Waals surface area contributed by atoms with Gasteiger partial charge in [-0.25, -0.2) is 8.78 Å². The fraction of sp³-hybridized carbons (Fsp3) is 0.875. The van der Waals surface area contributed by atoms with Crippen LogP contribution in [-0.4, -0.2) is 30.1 Å². The summed E-state index contributed by atoms with van der Waals surface area (Å²) >= 11 is 0. The zero-order chi connectivity index (χ0) is 10.4. The number of aliphatic carboxylic acids is 1. The Bertz CT molecular complexity index is 162. The number of hydrogen-bond acceptors (Lipinski definition) is 2. The lowest BCUT2D eigenvalue weighted by Gasteiger charge is -2.15. The molecule has 0 rings (SSSR count). The predicted octanol–water partition coefficient (Wildman–Crippen LogP) is 1.34. The second-order valence-electron chi connectivity index (χ2n) is 3.32. The number of alkyl halides is 2. The summed E-state index contributed by atoms with van der Waals surface area (Å²) in [6.45, 7) is 3.13. The van der Waals surface area contributed by atoms with Gasteiger partial charge in [0.1, 0.15) is 6.04 Å². The van der Waals surface area contributed by atoms with Gasteiger partial charge in [0, 0.05) is 0 Å². The zero-order valence-electron chi connectivity index (χ0n) is 7.76. The van der Waals surface area contributed by atoms with Crippen molar-refractivity contribution in [2.75, 3.05) is 6.54 Å². The largest absolute Gasteiger partial charge is 0.480 e. The first-order valence-corrected chi connectivity index (χ1v) is 4.17. The quantitative estimate of drug-likeness (QED) is 0.672. The van der Waals surface area contributed by atoms with Gasteiger partial charge in [-0.05, 0) is 12.3 Å². The molecule has 13 heavy (non-hydrogen) atoms. The molecule has 0 saturated carbocycles. The van der Waals surface area contributed by atoms with Crippen molar-refractivity contribution in [1.82, 2.24) is 5.32 Å². The highest BCUT2D eigenvalue weighted by molar-refractivity contribution is 5.73. The average Bonchev–Trinajstić information content (AvgIpc) is 1.96. The van der Waals surface area contributed by atoms with Crippen LogP contribution in [0.4, 0.5) is 8.78 Å². The van der Waals surface area contributed by atoms with Crippen molar-refractivity contribution in [2.45, 2.75) is 32.7 Å². The van der Waals surface area contributed by atoms with Crippen molar-refractivity contribution in [3.05, 3.63) is 0 Å². The molecule has 0 spiro atoms. The number of rotatable bonds is 6. The molecule has 0 aliphatic carbocycles. The van der Waals surface area contributed by atoms with Crippen LogP contribution in [0.3, 0.4) is 0 Å². The van der Waals surface area contributed by atoms with Crippen LogP contribution in [-0.2, 0) is 4.79 Å². The maximum absolute atomic E-state index is 11.7. The molecule has 78 valence electrons. The fourth-order valence-electron chi connectivity index (χ4n) is 0.974. The second kappa shape index (κ2) is 5.85. The number of halogens is 2. The van der Waals surface area contributed by atoms with E-state index in [4.69, 9.17) is 5.11 Å². The summed E-state index contributed by atoms with van der Waals surface area (Å²) in [5.74, 6) is -0.902. The van der Waals surface area contributed by atoms with E-state index in [1.54, 1.807) is 0 Å². The Kier molecular flexibility index (Phi) is 5.53. The van der Waals surface area contributed by atoms with Crippen LogP contribution in [0.2, 0.25) is 0 Å². The number of carboxylic acids is 1. The summed E-state index contributed by atoms with van der Waals surface area (Å²) in [7, 11) is 0. The third kappa shape index (κ3) is 6.45. The van der Waals surface area contributed by atoms with Crippen LogP contribution >= 0.6 is 0 Å². The van der Waals surface area contributed by atoms with E-state index < -0.39 is 25.0 Å². The smallest absolute Gasteiger partial charge is 0.320 e. The lowest BCUT2D eigenvalue weighted by Crippen LogP contribution is -2.40. The Hall–Kier alpha value is -0.710. The predicted molar refractivity (Wildman–Crippen MR) is 44.9 cm³/mol. The van der Waals surface area contributed by atoms with E-state index in [0.29, 0.717) is 6.42 Å². The van der Waals surface area contributed by atoms with Crippen LogP contribution < -0.4 is 5.32 Å². The van der Waals surface area contributed by atoms with Gasteiger partial charge in [-0.3, -0.25) is 10.1 Å². The molecule has 3 nitrogen and oxygen atoms in total. The van der Waals surface area contributed by atoms with Gasteiger partial charge in [-0.2, -0.15) is 0 Å². The highest BCUT2D eigenvalue weighted by atomic mass is 19.3. The van der Waals surface area contributed by atoms with E-state index in [1.807, 2.05) is 13.8 Å². The van der Waals surface area contributed by atoms with Gasteiger partial charge in [0.2, 0.25) is 0 Å². The molecular formula is C8H15F2NO2. The normalized spacial score (nSPS) is 13.7. The minimum Gasteiger partial charge on any atom is -0.480 e. The Morgan fingerprint density at radius 3 is 2.31 bits per heavy atom. The number of hydrogen-bond donors (Lipinski definition) is 2. The molecule has 0 radical (unpaired) electrons. The van der Waals surface area contributed by atoms with Gasteiger partial charge in [-0.15, -0.1) is 0 Å². The maximum Gasteiger partial charge on any atom is 0.320 e. The monoisotopic (exact) mass is 195 g/mol. The lowest BCUT2D eigenvalue weighted by atomic mass is 10.0. The van der Waals surface area contributed by atoms with E-state index in [0.717, 1.165) is 0 Å². The first kappa shape index (κ1) is 12.3. The second-order valence-corrected chi connectivity index (χ2v) is 3.32. The molecule has 5 heteroatoms. The minimum absolute atomic E-state index is 0.172. The van der Waals surface area contributed by atoms with Crippen LogP contribution in [0.1, 0.15) is 20.3 Å². The lowest BCUT2D eigenvalue weighted by molar-refractivity contribution is -0.140. The Labute approximate surface area is 76.1 Å². The van der Waals surface area contributed by atoms with E-state index in [1.165, 1.54) is 0 Å². The summed E-state index contributed by atoms with van der Waals surface area (Å²) in [6, 6.07) is -0.867. The van der Waals surface area contributed by atoms with Crippen molar-refractivity contribution < 1.29 is 18.7 Å². The van der Waals surface area contributed by atoms with Gasteiger partial charge in [-0.1, -0.05) is 13.8 Å². The van der Waals surface area contributed by atoms with Crippen molar-refractivity contribution in [1.29, 1.82) is 0 Å². The third-order valence-electron chi connectivity index (χ3n) is 1.52. The summed E-state index contributed by atoms with van der Waals surface area (Å²) in [5, 5.41) is 10.9. The maximum atomic E-state index is 11.7. The van der Waals surface area contributed by atoms with Crippen LogP contribution in [0.15, 0.2) is 0 Å². The van der Waals surface area contributed by atoms with E-state index in [2.05, 4.69) is 5.32 Å². The molecule has 1 atom stereocenters. The summed E-state index contributed by atoms with van der Waals surface area (Å²) in [5.41, 5.74) is 0. The topological polar surface area (TPSA) is 49.3 Å². The Balaban J connectivity index is 3.88. The van der Waals surface area contributed by atoms with Gasteiger partial charge < -0.3 is 5.11 Å². The number of carbonyl (C=O) groups is 1. The fourth-order valence-corrected chi connectivity index (χ4v) is 0.974. The van der Waals surface area contributed by atoms with Crippen molar-refractivity contribution in [3.63, 3.8) is 0 Å². The average molecular weight is 195 g/mol. The van der Waals surface area contributed by atoms with Crippen LogP contribution in [0.5, 0.6) is 0 Å². The third-order valence-corrected chi connectivity index (χ3v) is 1.52. The highest BCUT2D eigenvalue weighted by Crippen LogP contribution is 2.05. The van der Waals surface area contributed by atoms with Crippen LogP contribution in [0.25, 0.3) is 0 Å². The van der Waals surface area contributed by atoms with E-state index in [9.17, 15) is 13.6 Å². The molecule has 0 bridgehead atoms. The van der Waals surface area contributed by atoms with Crippen LogP contribution in [0, 0.1) is 5.92 Å². The molecule has 0 heterocycles. The Morgan fingerprint density at radius 1 is 1.46 bits per heavy atom. The summed E-state index contributed by atoms with van der Waals surface area (Å²) in [6.07, 6.45) is -2.14. The summed E-state index contributed by atoms with van der Waals surface area (Å²) in [4.78, 5) is 10.5.